The van der Waals surface area contributed by atoms with Gasteiger partial charge in [0.2, 0.25) is 0 Å². The van der Waals surface area contributed by atoms with Gasteiger partial charge in [-0.25, -0.2) is 0 Å². The molecule has 94 valence electrons. The van der Waals surface area contributed by atoms with Crippen molar-refractivity contribution in [1.29, 1.82) is 0 Å². The van der Waals surface area contributed by atoms with Crippen LogP contribution in [0.2, 0.25) is 5.15 Å². The van der Waals surface area contributed by atoms with Gasteiger partial charge in [-0.1, -0.05) is 23.7 Å². The zero-order valence-corrected chi connectivity index (χ0v) is 10.8. The number of benzene rings is 1. The van der Waals surface area contributed by atoms with Crippen molar-refractivity contribution in [2.24, 2.45) is 0 Å². The SMILES string of the molecule is Cc1cccc(OCCNc2ccc(Cl)nn2)c1. The lowest BCUT2D eigenvalue weighted by Crippen LogP contribution is -2.12. The van der Waals surface area contributed by atoms with E-state index in [4.69, 9.17) is 16.3 Å². The molecular weight excluding hydrogens is 250 g/mol. The number of rotatable bonds is 5. The summed E-state index contributed by atoms with van der Waals surface area (Å²) in [4.78, 5) is 0. The molecule has 0 amide bonds. The summed E-state index contributed by atoms with van der Waals surface area (Å²) in [6.07, 6.45) is 0. The normalized spacial score (nSPS) is 10.1. The summed E-state index contributed by atoms with van der Waals surface area (Å²) in [5.74, 6) is 1.56. The van der Waals surface area contributed by atoms with Crippen molar-refractivity contribution in [3.05, 3.63) is 47.1 Å². The van der Waals surface area contributed by atoms with Crippen molar-refractivity contribution in [2.75, 3.05) is 18.5 Å². The molecule has 0 spiro atoms. The first kappa shape index (κ1) is 12.6. The highest BCUT2D eigenvalue weighted by atomic mass is 35.5. The zero-order chi connectivity index (χ0) is 12.8. The van der Waals surface area contributed by atoms with Gasteiger partial charge in [-0.2, -0.15) is 0 Å². The number of anilines is 1. The van der Waals surface area contributed by atoms with Crippen LogP contribution >= 0.6 is 11.6 Å². The number of ether oxygens (including phenoxy) is 1. The summed E-state index contributed by atoms with van der Waals surface area (Å²) in [6, 6.07) is 11.4. The Kier molecular flexibility index (Phi) is 4.36. The van der Waals surface area contributed by atoms with Gasteiger partial charge in [0.15, 0.2) is 5.15 Å². The van der Waals surface area contributed by atoms with Crippen LogP contribution in [0.4, 0.5) is 5.82 Å². The number of halogens is 1. The molecule has 4 nitrogen and oxygen atoms in total. The topological polar surface area (TPSA) is 47.0 Å². The summed E-state index contributed by atoms with van der Waals surface area (Å²) in [5.41, 5.74) is 1.18. The van der Waals surface area contributed by atoms with Crippen LogP contribution < -0.4 is 10.1 Å². The van der Waals surface area contributed by atoms with Gasteiger partial charge in [0.1, 0.15) is 18.2 Å². The molecule has 0 radical (unpaired) electrons. The van der Waals surface area contributed by atoms with E-state index in [-0.39, 0.29) is 0 Å². The molecule has 0 unspecified atom stereocenters. The Morgan fingerprint density at radius 1 is 1.22 bits per heavy atom. The second kappa shape index (κ2) is 6.21. The van der Waals surface area contributed by atoms with Crippen molar-refractivity contribution in [1.82, 2.24) is 10.2 Å². The molecule has 0 bridgehead atoms. The second-order valence-electron chi connectivity index (χ2n) is 3.83. The number of nitrogens with one attached hydrogen (secondary N) is 1. The minimum Gasteiger partial charge on any atom is -0.492 e. The van der Waals surface area contributed by atoms with E-state index >= 15 is 0 Å². The molecule has 2 rings (SSSR count). The molecule has 5 heteroatoms. The van der Waals surface area contributed by atoms with E-state index in [0.29, 0.717) is 24.1 Å². The van der Waals surface area contributed by atoms with Crippen molar-refractivity contribution < 1.29 is 4.74 Å². The summed E-state index contributed by atoms with van der Waals surface area (Å²) in [5, 5.41) is 11.1. The number of aromatic nitrogens is 2. The van der Waals surface area contributed by atoms with E-state index in [1.807, 2.05) is 31.2 Å². The van der Waals surface area contributed by atoms with Crippen molar-refractivity contribution in [3.8, 4) is 5.75 Å². The van der Waals surface area contributed by atoms with Gasteiger partial charge in [-0.3, -0.25) is 0 Å². The highest BCUT2D eigenvalue weighted by molar-refractivity contribution is 6.29. The fourth-order valence-electron chi connectivity index (χ4n) is 1.46. The molecule has 2 aromatic rings. The predicted molar refractivity (Wildman–Crippen MR) is 72.2 cm³/mol. The number of nitrogens with zero attached hydrogens (tertiary/aromatic N) is 2. The summed E-state index contributed by atoms with van der Waals surface area (Å²) in [6.45, 7) is 3.26. The smallest absolute Gasteiger partial charge is 0.151 e. The van der Waals surface area contributed by atoms with E-state index in [0.717, 1.165) is 5.75 Å². The molecule has 1 heterocycles. The standard InChI is InChI=1S/C13H14ClN3O/c1-10-3-2-4-11(9-10)18-8-7-15-13-6-5-12(14)16-17-13/h2-6,9H,7-8H2,1H3,(H,15,17). The number of hydrogen-bond donors (Lipinski definition) is 1. The Morgan fingerprint density at radius 3 is 2.83 bits per heavy atom. The third-order valence-electron chi connectivity index (χ3n) is 2.30. The number of aryl methyl sites for hydroxylation is 1. The van der Waals surface area contributed by atoms with Crippen LogP contribution in [0.3, 0.4) is 0 Å². The fraction of sp³-hybridized carbons (Fsp3) is 0.231. The minimum atomic E-state index is 0.386. The van der Waals surface area contributed by atoms with Gasteiger partial charge in [0.05, 0.1) is 6.54 Å². The third kappa shape index (κ3) is 3.89. The molecule has 18 heavy (non-hydrogen) atoms. The first-order chi connectivity index (χ1) is 8.74. The minimum absolute atomic E-state index is 0.386. The van der Waals surface area contributed by atoms with Crippen molar-refractivity contribution in [3.63, 3.8) is 0 Å². The zero-order valence-electron chi connectivity index (χ0n) is 10.1. The van der Waals surface area contributed by atoms with Gasteiger partial charge in [-0.15, -0.1) is 10.2 Å². The van der Waals surface area contributed by atoms with Gasteiger partial charge in [0, 0.05) is 0 Å². The summed E-state index contributed by atoms with van der Waals surface area (Å²) < 4.78 is 5.60. The largest absolute Gasteiger partial charge is 0.492 e. The molecule has 1 aromatic carbocycles. The Labute approximate surface area is 111 Å². The van der Waals surface area contributed by atoms with Gasteiger partial charge in [-0.05, 0) is 36.8 Å². The van der Waals surface area contributed by atoms with Crippen LogP contribution in [0.1, 0.15) is 5.56 Å². The Balaban J connectivity index is 1.74. The fourth-order valence-corrected chi connectivity index (χ4v) is 1.56. The van der Waals surface area contributed by atoms with Gasteiger partial charge in [0.25, 0.3) is 0 Å². The lowest BCUT2D eigenvalue weighted by Gasteiger charge is -2.08. The molecule has 0 atom stereocenters. The Morgan fingerprint density at radius 2 is 2.11 bits per heavy atom. The predicted octanol–water partition coefficient (Wildman–Crippen LogP) is 2.93. The lowest BCUT2D eigenvalue weighted by molar-refractivity contribution is 0.332. The summed E-state index contributed by atoms with van der Waals surface area (Å²) >= 11 is 5.64. The molecule has 0 fully saturated rings. The summed E-state index contributed by atoms with van der Waals surface area (Å²) in [7, 11) is 0. The van der Waals surface area contributed by atoms with Gasteiger partial charge < -0.3 is 10.1 Å². The van der Waals surface area contributed by atoms with E-state index in [1.165, 1.54) is 5.56 Å². The maximum atomic E-state index is 5.64. The maximum absolute atomic E-state index is 5.64. The quantitative estimate of drug-likeness (QED) is 0.843. The van der Waals surface area contributed by atoms with Crippen molar-refractivity contribution >= 4 is 17.4 Å². The molecule has 1 aromatic heterocycles. The number of hydrogen-bond acceptors (Lipinski definition) is 4. The molecule has 0 saturated heterocycles. The highest BCUT2D eigenvalue weighted by Gasteiger charge is 1.96. The van der Waals surface area contributed by atoms with Crippen LogP contribution in [0.15, 0.2) is 36.4 Å². The molecule has 0 saturated carbocycles. The second-order valence-corrected chi connectivity index (χ2v) is 4.22. The Hall–Kier alpha value is -1.81. The average molecular weight is 264 g/mol. The molecule has 1 N–H and O–H groups in total. The van der Waals surface area contributed by atoms with Crippen LogP contribution in [0.5, 0.6) is 5.75 Å². The van der Waals surface area contributed by atoms with Crippen LogP contribution in [0.25, 0.3) is 0 Å². The lowest BCUT2D eigenvalue weighted by atomic mass is 10.2. The first-order valence-corrected chi connectivity index (χ1v) is 6.04. The molecule has 0 aliphatic rings. The Bertz CT molecular complexity index is 502. The van der Waals surface area contributed by atoms with Crippen LogP contribution in [-0.2, 0) is 0 Å². The monoisotopic (exact) mass is 263 g/mol. The van der Waals surface area contributed by atoms with E-state index < -0.39 is 0 Å². The third-order valence-corrected chi connectivity index (χ3v) is 2.50. The van der Waals surface area contributed by atoms with Crippen molar-refractivity contribution in [2.45, 2.75) is 6.92 Å². The molecule has 0 aliphatic heterocycles. The average Bonchev–Trinajstić information content (AvgIpc) is 2.37. The van der Waals surface area contributed by atoms with Crippen LogP contribution in [0, 0.1) is 6.92 Å². The molecule has 0 aliphatic carbocycles. The maximum Gasteiger partial charge on any atom is 0.151 e. The molecular formula is C13H14ClN3O. The van der Waals surface area contributed by atoms with Crippen LogP contribution in [-0.4, -0.2) is 23.3 Å². The van der Waals surface area contributed by atoms with E-state index in [2.05, 4.69) is 15.5 Å². The highest BCUT2D eigenvalue weighted by Crippen LogP contribution is 2.12. The van der Waals surface area contributed by atoms with E-state index in [1.54, 1.807) is 12.1 Å². The van der Waals surface area contributed by atoms with E-state index in [9.17, 15) is 0 Å². The van der Waals surface area contributed by atoms with Gasteiger partial charge >= 0.3 is 0 Å². The first-order valence-electron chi connectivity index (χ1n) is 5.66.